The second kappa shape index (κ2) is 9.06. The second-order valence-corrected chi connectivity index (χ2v) is 5.53. The highest BCUT2D eigenvalue weighted by molar-refractivity contribution is 5.96. The monoisotopic (exact) mass is 366 g/mol. The second-order valence-electron chi connectivity index (χ2n) is 5.53. The minimum atomic E-state index is -1.03. The molecule has 138 valence electrons. The van der Waals surface area contributed by atoms with Crippen molar-refractivity contribution in [2.45, 2.75) is 13.0 Å². The number of nitrogens with zero attached hydrogens (tertiary/aromatic N) is 1. The molecule has 0 aliphatic heterocycles. The van der Waals surface area contributed by atoms with E-state index in [-0.39, 0.29) is 11.5 Å². The summed E-state index contributed by atoms with van der Waals surface area (Å²) in [6.07, 6.45) is 1.62. The van der Waals surface area contributed by atoms with Gasteiger partial charge in [-0.15, -0.1) is 0 Å². The molecule has 0 spiro atoms. The number of benzene rings is 2. The summed E-state index contributed by atoms with van der Waals surface area (Å²) in [5.41, 5.74) is 1.46. The molecule has 0 unspecified atom stereocenters. The van der Waals surface area contributed by atoms with Crippen LogP contribution >= 0.6 is 0 Å². The summed E-state index contributed by atoms with van der Waals surface area (Å²) in [6, 6.07) is 13.0. The molecule has 0 saturated heterocycles. The first-order valence-electron chi connectivity index (χ1n) is 7.99. The van der Waals surface area contributed by atoms with Gasteiger partial charge in [0, 0.05) is 11.8 Å². The fourth-order valence-corrected chi connectivity index (χ4v) is 2.14. The van der Waals surface area contributed by atoms with E-state index in [9.17, 15) is 14.7 Å². The zero-order valence-electron chi connectivity index (χ0n) is 14.8. The van der Waals surface area contributed by atoms with Gasteiger partial charge in [-0.3, -0.25) is 4.79 Å². The fourth-order valence-electron chi connectivity index (χ4n) is 2.14. The van der Waals surface area contributed by atoms with E-state index in [1.165, 1.54) is 38.3 Å². The number of amides is 1. The van der Waals surface area contributed by atoms with Crippen LogP contribution in [0.3, 0.4) is 0 Å². The Morgan fingerprint density at radius 1 is 1.26 bits per heavy atom. The quantitative estimate of drug-likeness (QED) is 0.601. The molecule has 0 aromatic heterocycles. The van der Waals surface area contributed by atoms with Crippen LogP contribution in [0.2, 0.25) is 0 Å². The highest BCUT2D eigenvalue weighted by atomic mass is 16.5. The Hall–Kier alpha value is -3.79. The van der Waals surface area contributed by atoms with Crippen molar-refractivity contribution in [2.75, 3.05) is 12.4 Å². The van der Waals surface area contributed by atoms with Crippen molar-refractivity contribution in [3.05, 3.63) is 59.7 Å². The van der Waals surface area contributed by atoms with Crippen LogP contribution in [0.1, 0.15) is 18.1 Å². The molecule has 1 amide bonds. The molecule has 0 aliphatic rings. The first-order valence-corrected chi connectivity index (χ1v) is 7.99. The van der Waals surface area contributed by atoms with Crippen LogP contribution in [-0.4, -0.2) is 30.2 Å². The summed E-state index contributed by atoms with van der Waals surface area (Å²) >= 11 is 0. The number of hydrogen-bond donors (Lipinski definition) is 2. The van der Waals surface area contributed by atoms with Gasteiger partial charge in [-0.2, -0.15) is 5.26 Å². The van der Waals surface area contributed by atoms with Crippen molar-refractivity contribution < 1.29 is 24.2 Å². The molecule has 0 radical (unpaired) electrons. The van der Waals surface area contributed by atoms with Crippen molar-refractivity contribution in [3.8, 4) is 17.6 Å². The number of carbonyl (C=O) groups is 2. The molecule has 2 aromatic carbocycles. The summed E-state index contributed by atoms with van der Waals surface area (Å²) in [6.45, 7) is 1.44. The molecule has 2 N–H and O–H groups in total. The van der Waals surface area contributed by atoms with Gasteiger partial charge < -0.3 is 19.9 Å². The molecule has 0 heterocycles. The smallest absolute Gasteiger partial charge is 0.331 e. The van der Waals surface area contributed by atoms with Gasteiger partial charge in [0.25, 0.3) is 5.91 Å². The van der Waals surface area contributed by atoms with Crippen LogP contribution < -0.4 is 10.1 Å². The van der Waals surface area contributed by atoms with E-state index < -0.39 is 18.0 Å². The van der Waals surface area contributed by atoms with Gasteiger partial charge in [-0.25, -0.2) is 4.79 Å². The van der Waals surface area contributed by atoms with Crippen LogP contribution in [0, 0.1) is 11.3 Å². The average Bonchev–Trinajstić information content (AvgIpc) is 2.67. The highest BCUT2D eigenvalue weighted by Gasteiger charge is 2.16. The predicted octanol–water partition coefficient (Wildman–Crippen LogP) is 2.86. The first-order chi connectivity index (χ1) is 12.9. The van der Waals surface area contributed by atoms with E-state index in [1.807, 2.05) is 6.07 Å². The van der Waals surface area contributed by atoms with E-state index in [2.05, 4.69) is 5.32 Å². The lowest BCUT2D eigenvalue weighted by molar-refractivity contribution is -0.148. The molecule has 7 nitrogen and oxygen atoms in total. The number of methoxy groups -OCH3 is 1. The molecule has 0 saturated carbocycles. The Morgan fingerprint density at radius 3 is 2.74 bits per heavy atom. The van der Waals surface area contributed by atoms with Gasteiger partial charge in [-0.05, 0) is 48.9 Å². The first kappa shape index (κ1) is 19.5. The fraction of sp³-hybridized carbons (Fsp3) is 0.150. The van der Waals surface area contributed by atoms with Crippen LogP contribution in [-0.2, 0) is 14.3 Å². The third-order valence-electron chi connectivity index (χ3n) is 3.54. The maximum atomic E-state index is 12.1. The SMILES string of the molecule is COc1cc(/C=C/C(=O)O[C@@H](C)C(=O)Nc2cccc(C#N)c2)ccc1O. The third kappa shape index (κ3) is 5.61. The van der Waals surface area contributed by atoms with Gasteiger partial charge in [0.1, 0.15) is 0 Å². The molecule has 27 heavy (non-hydrogen) atoms. The molecule has 2 aromatic rings. The lowest BCUT2D eigenvalue weighted by atomic mass is 10.2. The van der Waals surface area contributed by atoms with Gasteiger partial charge in [0.2, 0.25) is 0 Å². The van der Waals surface area contributed by atoms with Gasteiger partial charge in [0.15, 0.2) is 17.6 Å². The van der Waals surface area contributed by atoms with E-state index in [4.69, 9.17) is 14.7 Å². The lowest BCUT2D eigenvalue weighted by Crippen LogP contribution is -2.29. The number of nitrogens with one attached hydrogen (secondary N) is 1. The predicted molar refractivity (Wildman–Crippen MR) is 99.0 cm³/mol. The van der Waals surface area contributed by atoms with E-state index in [0.717, 1.165) is 0 Å². The van der Waals surface area contributed by atoms with E-state index >= 15 is 0 Å². The Balaban J connectivity index is 1.94. The van der Waals surface area contributed by atoms with Gasteiger partial charge in [0.05, 0.1) is 18.7 Å². The molecule has 0 fully saturated rings. The number of carbonyl (C=O) groups excluding carboxylic acids is 2. The third-order valence-corrected chi connectivity index (χ3v) is 3.54. The van der Waals surface area contributed by atoms with Crippen LogP contribution in [0.25, 0.3) is 6.08 Å². The molecular weight excluding hydrogens is 348 g/mol. The highest BCUT2D eigenvalue weighted by Crippen LogP contribution is 2.26. The molecule has 7 heteroatoms. The molecule has 0 aliphatic carbocycles. The number of hydrogen-bond acceptors (Lipinski definition) is 6. The molecule has 2 rings (SSSR count). The van der Waals surface area contributed by atoms with E-state index in [1.54, 1.807) is 30.3 Å². The number of esters is 1. The summed E-state index contributed by atoms with van der Waals surface area (Å²) in [7, 11) is 1.42. The standard InChI is InChI=1S/C20H18N2O5/c1-13(20(25)22-16-5-3-4-15(10-16)12-21)27-19(24)9-7-14-6-8-17(23)18(11-14)26-2/h3-11,13,23H,1-2H3,(H,22,25)/b9-7+/t13-/m0/s1. The van der Waals surface area contributed by atoms with Gasteiger partial charge >= 0.3 is 5.97 Å². The summed E-state index contributed by atoms with van der Waals surface area (Å²) in [5, 5.41) is 21.0. The number of ether oxygens (including phenoxy) is 2. The van der Waals surface area contributed by atoms with Crippen molar-refractivity contribution in [1.82, 2.24) is 0 Å². The molecule has 0 bridgehead atoms. The summed E-state index contributed by atoms with van der Waals surface area (Å²) < 4.78 is 10.0. The number of aromatic hydroxyl groups is 1. The minimum absolute atomic E-state index is 0.0111. The maximum absolute atomic E-state index is 12.1. The van der Waals surface area contributed by atoms with Crippen molar-refractivity contribution in [3.63, 3.8) is 0 Å². The summed E-state index contributed by atoms with van der Waals surface area (Å²) in [4.78, 5) is 24.0. The Bertz CT molecular complexity index is 915. The van der Waals surface area contributed by atoms with Crippen LogP contribution in [0.5, 0.6) is 11.5 Å². The summed E-state index contributed by atoms with van der Waals surface area (Å²) in [5.74, 6) is -0.950. The lowest BCUT2D eigenvalue weighted by Gasteiger charge is -2.12. The van der Waals surface area contributed by atoms with Crippen molar-refractivity contribution >= 4 is 23.6 Å². The molecule has 1 atom stereocenters. The largest absolute Gasteiger partial charge is 0.504 e. The Labute approximate surface area is 156 Å². The maximum Gasteiger partial charge on any atom is 0.331 e. The number of phenolic OH excluding ortho intramolecular Hbond substituents is 1. The Kier molecular flexibility index (Phi) is 6.55. The number of nitriles is 1. The number of anilines is 1. The zero-order chi connectivity index (χ0) is 19.8. The topological polar surface area (TPSA) is 109 Å². The van der Waals surface area contributed by atoms with Crippen LogP contribution in [0.4, 0.5) is 5.69 Å². The Morgan fingerprint density at radius 2 is 2.04 bits per heavy atom. The van der Waals surface area contributed by atoms with Crippen molar-refractivity contribution in [2.24, 2.45) is 0 Å². The number of rotatable bonds is 6. The zero-order valence-corrected chi connectivity index (χ0v) is 14.8. The normalized spacial score (nSPS) is 11.4. The number of phenols is 1. The average molecular weight is 366 g/mol. The van der Waals surface area contributed by atoms with Crippen molar-refractivity contribution in [1.29, 1.82) is 5.26 Å². The van der Waals surface area contributed by atoms with Gasteiger partial charge in [-0.1, -0.05) is 12.1 Å². The van der Waals surface area contributed by atoms with Crippen LogP contribution in [0.15, 0.2) is 48.5 Å². The minimum Gasteiger partial charge on any atom is -0.504 e. The molecular formula is C20H18N2O5. The van der Waals surface area contributed by atoms with E-state index in [0.29, 0.717) is 16.8 Å².